The van der Waals surface area contributed by atoms with Crippen molar-refractivity contribution in [2.24, 2.45) is 0 Å². The standard InChI is InChI=1S/C22H17F6NO3S2/c1-3-31-16-6-11(7-17-19(30)29-20(33)34-17)5-15(18(16)32-4-2)12-8-13(21(23,24)25)10-14(9-12)22(26,27)28/h5-10H,3-4H2,1-2H3,(H,29,30,33)/b17-7-. The molecule has 1 fully saturated rings. The number of thiocarbonyl (C=S) groups is 1. The van der Waals surface area contributed by atoms with E-state index in [0.717, 1.165) is 11.8 Å². The molecule has 3 rings (SSSR count). The fraction of sp³-hybridized carbons (Fsp3) is 0.273. The second-order valence-corrected chi connectivity index (χ2v) is 8.63. The minimum Gasteiger partial charge on any atom is -0.490 e. The van der Waals surface area contributed by atoms with Gasteiger partial charge < -0.3 is 14.8 Å². The highest BCUT2D eigenvalue weighted by atomic mass is 32.2. The summed E-state index contributed by atoms with van der Waals surface area (Å²) in [4.78, 5) is 12.3. The van der Waals surface area contributed by atoms with Gasteiger partial charge in [-0.15, -0.1) is 0 Å². The molecule has 1 heterocycles. The van der Waals surface area contributed by atoms with E-state index < -0.39 is 29.4 Å². The number of amides is 1. The second-order valence-electron chi connectivity index (χ2n) is 6.91. The van der Waals surface area contributed by atoms with Gasteiger partial charge in [0.25, 0.3) is 5.91 Å². The van der Waals surface area contributed by atoms with Crippen molar-refractivity contribution in [3.8, 4) is 22.6 Å². The highest BCUT2D eigenvalue weighted by Crippen LogP contribution is 2.44. The number of rotatable bonds is 6. The Kier molecular flexibility index (Phi) is 7.51. The molecule has 12 heteroatoms. The van der Waals surface area contributed by atoms with Crippen molar-refractivity contribution in [1.82, 2.24) is 5.32 Å². The van der Waals surface area contributed by atoms with Crippen LogP contribution < -0.4 is 14.8 Å². The predicted octanol–water partition coefficient (Wildman–Crippen LogP) is 6.68. The Hall–Kier alpha value is -2.73. The number of hydrogen-bond acceptors (Lipinski definition) is 5. The lowest BCUT2D eigenvalue weighted by molar-refractivity contribution is -0.143. The van der Waals surface area contributed by atoms with Crippen LogP contribution >= 0.6 is 24.0 Å². The number of halogens is 6. The fourth-order valence-electron chi connectivity index (χ4n) is 3.16. The third kappa shape index (κ3) is 5.84. The van der Waals surface area contributed by atoms with Crippen molar-refractivity contribution in [1.29, 1.82) is 0 Å². The minimum atomic E-state index is -5.02. The van der Waals surface area contributed by atoms with Crippen LogP contribution in [0, 0.1) is 0 Å². The van der Waals surface area contributed by atoms with E-state index in [0.29, 0.717) is 17.7 Å². The maximum absolute atomic E-state index is 13.4. The molecular formula is C22H17F6NO3S2. The number of benzene rings is 2. The van der Waals surface area contributed by atoms with Crippen molar-refractivity contribution in [3.05, 3.63) is 51.9 Å². The van der Waals surface area contributed by atoms with Crippen molar-refractivity contribution >= 4 is 40.3 Å². The van der Waals surface area contributed by atoms with Gasteiger partial charge in [0.15, 0.2) is 11.5 Å². The molecule has 0 bridgehead atoms. The summed E-state index contributed by atoms with van der Waals surface area (Å²) in [6.45, 7) is 3.49. The molecule has 0 saturated carbocycles. The Bertz CT molecular complexity index is 1130. The summed E-state index contributed by atoms with van der Waals surface area (Å²) in [7, 11) is 0. The fourth-order valence-corrected chi connectivity index (χ4v) is 4.20. The van der Waals surface area contributed by atoms with E-state index in [1.165, 1.54) is 18.2 Å². The van der Waals surface area contributed by atoms with E-state index in [4.69, 9.17) is 21.7 Å². The third-order valence-electron chi connectivity index (χ3n) is 4.50. The van der Waals surface area contributed by atoms with Gasteiger partial charge in [0.2, 0.25) is 0 Å². The number of nitrogens with one attached hydrogen (secondary N) is 1. The largest absolute Gasteiger partial charge is 0.490 e. The van der Waals surface area contributed by atoms with Crippen LogP contribution in [0.3, 0.4) is 0 Å². The lowest BCUT2D eigenvalue weighted by Crippen LogP contribution is -2.17. The van der Waals surface area contributed by atoms with Gasteiger partial charge in [-0.25, -0.2) is 0 Å². The maximum atomic E-state index is 13.4. The van der Waals surface area contributed by atoms with Gasteiger partial charge in [0, 0.05) is 5.56 Å². The number of carbonyl (C=O) groups excluding carboxylic acids is 1. The molecule has 0 spiro atoms. The molecule has 2 aromatic rings. The van der Waals surface area contributed by atoms with Crippen LogP contribution in [0.25, 0.3) is 17.2 Å². The van der Waals surface area contributed by atoms with E-state index in [-0.39, 0.29) is 51.1 Å². The van der Waals surface area contributed by atoms with Crippen LogP contribution in [-0.2, 0) is 17.1 Å². The average Bonchev–Trinajstić information content (AvgIpc) is 3.05. The Balaban J connectivity index is 2.31. The first-order chi connectivity index (χ1) is 15.8. The molecule has 0 aliphatic carbocycles. The van der Waals surface area contributed by atoms with Crippen LogP contribution in [0.4, 0.5) is 26.3 Å². The van der Waals surface area contributed by atoms with Crippen LogP contribution in [0.2, 0.25) is 0 Å². The van der Waals surface area contributed by atoms with Gasteiger partial charge in [-0.05, 0) is 61.4 Å². The lowest BCUT2D eigenvalue weighted by Gasteiger charge is -2.19. The van der Waals surface area contributed by atoms with E-state index in [1.807, 2.05) is 0 Å². The summed E-state index contributed by atoms with van der Waals surface area (Å²) in [5.41, 5.74) is -3.04. The molecule has 182 valence electrons. The summed E-state index contributed by atoms with van der Waals surface area (Å²) in [6.07, 6.45) is -8.61. The van der Waals surface area contributed by atoms with Crippen molar-refractivity contribution in [3.63, 3.8) is 0 Å². The Labute approximate surface area is 200 Å². The second kappa shape index (κ2) is 9.87. The summed E-state index contributed by atoms with van der Waals surface area (Å²) in [6, 6.07) is 4.11. The Morgan fingerprint density at radius 3 is 2.00 bits per heavy atom. The molecule has 1 amide bonds. The maximum Gasteiger partial charge on any atom is 0.416 e. The molecule has 1 saturated heterocycles. The molecular weight excluding hydrogens is 504 g/mol. The molecule has 0 atom stereocenters. The first-order valence-corrected chi connectivity index (χ1v) is 11.0. The topological polar surface area (TPSA) is 47.6 Å². The SMILES string of the molecule is CCOc1cc(/C=C2\SC(=S)NC2=O)cc(-c2cc(C(F)(F)F)cc(C(F)(F)F)c2)c1OCC. The summed E-state index contributed by atoms with van der Waals surface area (Å²) in [5.74, 6) is -0.384. The molecule has 0 radical (unpaired) electrons. The molecule has 34 heavy (non-hydrogen) atoms. The number of alkyl halides is 6. The molecule has 4 nitrogen and oxygen atoms in total. The first-order valence-electron chi connectivity index (χ1n) is 9.81. The number of ether oxygens (including phenoxy) is 2. The van der Waals surface area contributed by atoms with Crippen LogP contribution in [0.5, 0.6) is 11.5 Å². The van der Waals surface area contributed by atoms with Crippen molar-refractivity contribution < 1.29 is 40.6 Å². The Morgan fingerprint density at radius 1 is 0.941 bits per heavy atom. The minimum absolute atomic E-state index is 0.0157. The van der Waals surface area contributed by atoms with Crippen molar-refractivity contribution in [2.75, 3.05) is 13.2 Å². The monoisotopic (exact) mass is 521 g/mol. The quantitative estimate of drug-likeness (QED) is 0.261. The number of thioether (sulfide) groups is 1. The molecule has 0 unspecified atom stereocenters. The smallest absolute Gasteiger partial charge is 0.416 e. The normalized spacial score (nSPS) is 15.6. The van der Waals surface area contributed by atoms with Gasteiger partial charge in [-0.1, -0.05) is 24.0 Å². The molecule has 1 N–H and O–H groups in total. The molecule has 0 aromatic heterocycles. The van der Waals surface area contributed by atoms with Crippen LogP contribution in [0.1, 0.15) is 30.5 Å². The summed E-state index contributed by atoms with van der Waals surface area (Å²) in [5, 5.41) is 2.43. The van der Waals surface area contributed by atoms with E-state index in [1.54, 1.807) is 13.8 Å². The summed E-state index contributed by atoms with van der Waals surface area (Å²) >= 11 is 5.92. The van der Waals surface area contributed by atoms with Gasteiger partial charge in [-0.3, -0.25) is 4.79 Å². The average molecular weight is 522 g/mol. The van der Waals surface area contributed by atoms with Crippen molar-refractivity contribution in [2.45, 2.75) is 26.2 Å². The van der Waals surface area contributed by atoms with E-state index in [9.17, 15) is 31.1 Å². The van der Waals surface area contributed by atoms with Crippen LogP contribution in [0.15, 0.2) is 35.2 Å². The summed E-state index contributed by atoms with van der Waals surface area (Å²) < 4.78 is 92.0. The molecule has 2 aromatic carbocycles. The highest BCUT2D eigenvalue weighted by molar-refractivity contribution is 8.26. The van der Waals surface area contributed by atoms with Gasteiger partial charge >= 0.3 is 12.4 Å². The van der Waals surface area contributed by atoms with Crippen LogP contribution in [-0.4, -0.2) is 23.4 Å². The number of carbonyl (C=O) groups is 1. The zero-order valence-electron chi connectivity index (χ0n) is 17.7. The van der Waals surface area contributed by atoms with E-state index >= 15 is 0 Å². The third-order valence-corrected chi connectivity index (χ3v) is 5.67. The first kappa shape index (κ1) is 25.9. The zero-order valence-corrected chi connectivity index (χ0v) is 19.3. The van der Waals surface area contributed by atoms with Gasteiger partial charge in [-0.2, -0.15) is 26.3 Å². The lowest BCUT2D eigenvalue weighted by atomic mass is 9.96. The number of hydrogen-bond donors (Lipinski definition) is 1. The molecule has 1 aliphatic heterocycles. The van der Waals surface area contributed by atoms with Gasteiger partial charge in [0.05, 0.1) is 29.2 Å². The highest BCUT2D eigenvalue weighted by Gasteiger charge is 2.37. The molecule has 1 aliphatic rings. The zero-order chi connectivity index (χ0) is 25.3. The predicted molar refractivity (Wildman–Crippen MR) is 121 cm³/mol. The van der Waals surface area contributed by atoms with Gasteiger partial charge in [0.1, 0.15) is 4.32 Å². The Morgan fingerprint density at radius 2 is 1.53 bits per heavy atom. The van der Waals surface area contributed by atoms with E-state index in [2.05, 4.69) is 5.32 Å².